The Kier molecular flexibility index (Phi) is 13.8. The number of hydrogen-bond donors (Lipinski definition) is 1. The molecule has 1 aromatic rings. The third kappa shape index (κ3) is 10.2. The fourth-order valence-electron chi connectivity index (χ4n) is 1.86. The topological polar surface area (TPSA) is 40.5 Å². The number of nitrogens with zero attached hydrogens (tertiary/aromatic N) is 3. The van der Waals surface area contributed by atoms with Crippen molar-refractivity contribution < 1.29 is 13.1 Å². The van der Waals surface area contributed by atoms with Gasteiger partial charge in [0.05, 0.1) is 11.4 Å². The molecule has 0 aliphatic carbocycles. The monoisotopic (exact) mass is 425 g/mol. The van der Waals surface area contributed by atoms with E-state index in [-0.39, 0.29) is 0 Å². The molecule has 0 saturated carbocycles. The van der Waals surface area contributed by atoms with Gasteiger partial charge in [-0.15, -0.1) is 0 Å². The molecular weight excluding hydrogens is 403 g/mol. The summed E-state index contributed by atoms with van der Waals surface area (Å²) in [7, 11) is 9.34. The van der Waals surface area contributed by atoms with Crippen LogP contribution in [0.4, 0.5) is 0 Å². The Morgan fingerprint density at radius 1 is 1.30 bits per heavy atom. The number of hydrogen-bond acceptors (Lipinski definition) is 3. The Hall–Kier alpha value is -0.391. The van der Waals surface area contributed by atoms with Gasteiger partial charge in [-0.3, -0.25) is 10.4 Å². The van der Waals surface area contributed by atoms with Crippen LogP contribution in [0.5, 0.6) is 0 Å². The molecule has 0 aliphatic rings. The number of aromatic nitrogens is 1. The van der Waals surface area contributed by atoms with Crippen molar-refractivity contribution in [2.75, 3.05) is 13.1 Å². The van der Waals surface area contributed by atoms with Crippen molar-refractivity contribution in [2.45, 2.75) is 40.5 Å². The minimum atomic E-state index is 0.681. The molecule has 1 aromatic heterocycles. The van der Waals surface area contributed by atoms with Gasteiger partial charge in [0, 0.05) is 18.8 Å². The van der Waals surface area contributed by atoms with Gasteiger partial charge in [-0.2, -0.15) is 5.10 Å². The second kappa shape index (κ2) is 14.0. The SMILES string of the molecule is CCCN(CCC)C(=S)NN=C(C)c1cccc(C)n1.[Cl][Cu][Cl]. The zero-order valence-corrected chi connectivity index (χ0v) is 17.1. The molecule has 0 amide bonds. The second-order valence-corrected chi connectivity index (χ2v) is 6.75. The van der Waals surface area contributed by atoms with Crippen molar-refractivity contribution in [1.82, 2.24) is 15.3 Å². The molecule has 0 aliphatic heterocycles. The molecule has 8 heteroatoms. The maximum absolute atomic E-state index is 5.39. The third-order valence-electron chi connectivity index (χ3n) is 2.85. The summed E-state index contributed by atoms with van der Waals surface area (Å²) in [5.74, 6) is 0. The maximum atomic E-state index is 5.39. The van der Waals surface area contributed by atoms with Gasteiger partial charge < -0.3 is 4.90 Å². The van der Waals surface area contributed by atoms with Crippen molar-refractivity contribution in [3.8, 4) is 0 Å². The summed E-state index contributed by atoms with van der Waals surface area (Å²) in [5, 5.41) is 5.02. The molecule has 0 fully saturated rings. The first kappa shape index (κ1) is 22.6. The van der Waals surface area contributed by atoms with Crippen molar-refractivity contribution in [1.29, 1.82) is 0 Å². The minimum absolute atomic E-state index is 0.681. The summed E-state index contributed by atoms with van der Waals surface area (Å²) in [6.45, 7) is 10.1. The molecule has 1 rings (SSSR count). The van der Waals surface area contributed by atoms with E-state index in [9.17, 15) is 0 Å². The average molecular weight is 427 g/mol. The van der Waals surface area contributed by atoms with Crippen LogP contribution in [0.15, 0.2) is 23.3 Å². The molecule has 0 atom stereocenters. The Labute approximate surface area is 159 Å². The molecule has 1 N–H and O–H groups in total. The Bertz CT molecular complexity index is 494. The molecule has 0 radical (unpaired) electrons. The number of nitrogens with one attached hydrogen (secondary N) is 1. The first-order valence-corrected chi connectivity index (χ1v) is 10.3. The van der Waals surface area contributed by atoms with Crippen molar-refractivity contribution in [3.63, 3.8) is 0 Å². The normalized spacial score (nSPS) is 10.8. The number of pyridine rings is 1. The third-order valence-corrected chi connectivity index (χ3v) is 3.20. The zero-order valence-electron chi connectivity index (χ0n) is 13.9. The number of rotatable bonds is 6. The molecule has 135 valence electrons. The van der Waals surface area contributed by atoms with Crippen LogP contribution in [0.25, 0.3) is 0 Å². The van der Waals surface area contributed by atoms with E-state index in [1.807, 2.05) is 32.0 Å². The Morgan fingerprint density at radius 2 is 1.87 bits per heavy atom. The average Bonchev–Trinajstić information content (AvgIpc) is 2.53. The van der Waals surface area contributed by atoms with E-state index >= 15 is 0 Å². The van der Waals surface area contributed by atoms with E-state index in [4.69, 9.17) is 12.2 Å². The summed E-state index contributed by atoms with van der Waals surface area (Å²) in [5.41, 5.74) is 5.67. The standard InChI is InChI=1S/C15H24N4S.2ClH.Cu/c1-5-10-19(11-6-2)15(20)18-17-13(4)14-9-7-8-12(3)16-14;;;/h7-9H,5-6,10-11H2,1-4H3,(H,18,20);2*1H;/q;;;+2/p-2. The molecule has 4 nitrogen and oxygen atoms in total. The van der Waals surface area contributed by atoms with Crippen LogP contribution in [0.2, 0.25) is 0 Å². The van der Waals surface area contributed by atoms with Gasteiger partial charge in [0.25, 0.3) is 0 Å². The number of halogens is 2. The van der Waals surface area contributed by atoms with E-state index < -0.39 is 0 Å². The van der Waals surface area contributed by atoms with Crippen LogP contribution in [-0.2, 0) is 13.1 Å². The van der Waals surface area contributed by atoms with E-state index in [0.717, 1.165) is 56.2 Å². The van der Waals surface area contributed by atoms with Gasteiger partial charge in [0.15, 0.2) is 5.11 Å². The first-order chi connectivity index (χ1) is 11.0. The Balaban J connectivity index is 0.00000149. The molecule has 0 unspecified atom stereocenters. The molecule has 0 saturated heterocycles. The Morgan fingerprint density at radius 3 is 2.35 bits per heavy atom. The van der Waals surface area contributed by atoms with Crippen LogP contribution in [-0.4, -0.2) is 33.8 Å². The van der Waals surface area contributed by atoms with Gasteiger partial charge in [0.1, 0.15) is 0 Å². The molecular formula is C15H24Cl2CuN4S. The quantitative estimate of drug-likeness (QED) is 0.315. The predicted molar refractivity (Wildman–Crippen MR) is 101 cm³/mol. The van der Waals surface area contributed by atoms with Crippen LogP contribution >= 0.6 is 32.4 Å². The fraction of sp³-hybridized carbons (Fsp3) is 0.533. The van der Waals surface area contributed by atoms with Crippen LogP contribution < -0.4 is 5.43 Å². The van der Waals surface area contributed by atoms with Gasteiger partial charge >= 0.3 is 33.3 Å². The molecule has 0 aromatic carbocycles. The fourth-order valence-corrected chi connectivity index (χ4v) is 2.09. The van der Waals surface area contributed by atoms with E-state index in [1.54, 1.807) is 0 Å². The van der Waals surface area contributed by atoms with Crippen LogP contribution in [0.1, 0.15) is 45.0 Å². The van der Waals surface area contributed by atoms with E-state index in [2.05, 4.69) is 54.5 Å². The summed E-state index contributed by atoms with van der Waals surface area (Å²) >= 11 is 6.14. The van der Waals surface area contributed by atoms with Crippen LogP contribution in [0.3, 0.4) is 0 Å². The van der Waals surface area contributed by atoms with Crippen molar-refractivity contribution in [3.05, 3.63) is 29.6 Å². The van der Waals surface area contributed by atoms with Gasteiger partial charge in [-0.05, 0) is 51.0 Å². The van der Waals surface area contributed by atoms with Gasteiger partial charge in [-0.1, -0.05) is 19.9 Å². The number of thiocarbonyl (C=S) groups is 1. The zero-order chi connectivity index (χ0) is 17.7. The second-order valence-electron chi connectivity index (χ2n) is 4.81. The molecule has 0 spiro atoms. The predicted octanol–water partition coefficient (Wildman–Crippen LogP) is 4.49. The van der Waals surface area contributed by atoms with Crippen molar-refractivity contribution >= 4 is 43.2 Å². The summed E-state index contributed by atoms with van der Waals surface area (Å²) in [6.07, 6.45) is 2.15. The van der Waals surface area contributed by atoms with Gasteiger partial charge in [0.2, 0.25) is 0 Å². The number of hydrazone groups is 1. The van der Waals surface area contributed by atoms with Gasteiger partial charge in [-0.25, -0.2) is 0 Å². The molecule has 0 bridgehead atoms. The summed E-state index contributed by atoms with van der Waals surface area (Å²) < 4.78 is 0. The first-order valence-electron chi connectivity index (χ1n) is 7.34. The van der Waals surface area contributed by atoms with E-state index in [1.165, 1.54) is 0 Å². The van der Waals surface area contributed by atoms with E-state index in [0.29, 0.717) is 5.11 Å². The molecule has 23 heavy (non-hydrogen) atoms. The summed E-state index contributed by atoms with van der Waals surface area (Å²) in [6, 6.07) is 5.90. The van der Waals surface area contributed by atoms with Crippen LogP contribution in [0, 0.1) is 6.92 Å². The molecule has 1 heterocycles. The number of aryl methyl sites for hydroxylation is 1. The van der Waals surface area contributed by atoms with Crippen molar-refractivity contribution in [2.24, 2.45) is 5.10 Å². The summed E-state index contributed by atoms with van der Waals surface area (Å²) in [4.78, 5) is 6.59.